The number of unbranched alkanes of at least 4 members (excludes halogenated alkanes) is 9. The van der Waals surface area contributed by atoms with Gasteiger partial charge in [0.15, 0.2) is 0 Å². The molecule has 0 rings (SSSR count). The number of carbonyl (C=O) groups is 1. The van der Waals surface area contributed by atoms with Crippen molar-refractivity contribution in [2.75, 3.05) is 26.2 Å². The molecule has 0 aromatic rings. The third-order valence-electron chi connectivity index (χ3n) is 4.20. The van der Waals surface area contributed by atoms with Crippen LogP contribution in [0.25, 0.3) is 0 Å². The summed E-state index contributed by atoms with van der Waals surface area (Å²) in [5.41, 5.74) is 6.07. The molecule has 5 heteroatoms. The lowest BCUT2D eigenvalue weighted by molar-refractivity contribution is -0.138. The number of nitrogens with zero attached hydrogens (tertiary/aromatic N) is 1. The summed E-state index contributed by atoms with van der Waals surface area (Å²) in [6.45, 7) is 3.09. The number of rotatable bonds is 17. The fraction of sp³-hybridized carbons (Fsp3) is 0.944. The molecular formula is C18H38N2O3. The molecule has 138 valence electrons. The Labute approximate surface area is 142 Å². The monoisotopic (exact) mass is 330 g/mol. The first kappa shape index (κ1) is 22.4. The van der Waals surface area contributed by atoms with Crippen LogP contribution in [0.1, 0.15) is 77.6 Å². The summed E-state index contributed by atoms with van der Waals surface area (Å²) in [4.78, 5) is 12.5. The molecule has 1 atom stereocenters. The van der Waals surface area contributed by atoms with Gasteiger partial charge in [-0.15, -0.1) is 0 Å². The smallest absolute Gasteiger partial charge is 0.317 e. The molecule has 0 aliphatic rings. The van der Waals surface area contributed by atoms with Crippen molar-refractivity contribution in [3.8, 4) is 0 Å². The molecule has 0 saturated carbocycles. The van der Waals surface area contributed by atoms with Crippen molar-refractivity contribution in [1.82, 2.24) is 4.90 Å². The molecule has 4 N–H and O–H groups in total. The summed E-state index contributed by atoms with van der Waals surface area (Å²) in [5, 5.41) is 17.8. The molecule has 23 heavy (non-hydrogen) atoms. The lowest BCUT2D eigenvalue weighted by Crippen LogP contribution is -2.41. The lowest BCUT2D eigenvalue weighted by Gasteiger charge is -2.23. The average Bonchev–Trinajstić information content (AvgIpc) is 2.48. The fourth-order valence-corrected chi connectivity index (χ4v) is 2.88. The maximum atomic E-state index is 10.7. The molecule has 0 amide bonds. The van der Waals surface area contributed by atoms with Gasteiger partial charge in [-0.2, -0.15) is 0 Å². The highest BCUT2D eigenvalue weighted by Gasteiger charge is 2.13. The number of carboxylic acid groups (broad SMARTS) is 1. The first-order chi connectivity index (χ1) is 11.1. The summed E-state index contributed by atoms with van der Waals surface area (Å²) < 4.78 is 0. The zero-order valence-electron chi connectivity index (χ0n) is 15.0. The number of hydrogen-bond donors (Lipinski definition) is 3. The van der Waals surface area contributed by atoms with Crippen LogP contribution in [0.2, 0.25) is 0 Å². The Morgan fingerprint density at radius 3 is 2.00 bits per heavy atom. The first-order valence-corrected chi connectivity index (χ1v) is 9.40. The molecule has 0 saturated heterocycles. The number of aliphatic hydroxyl groups excluding tert-OH is 1. The second-order valence-electron chi connectivity index (χ2n) is 6.58. The molecule has 0 aromatic carbocycles. The highest BCUT2D eigenvalue weighted by molar-refractivity contribution is 5.69. The van der Waals surface area contributed by atoms with Gasteiger partial charge in [-0.1, -0.05) is 71.1 Å². The Balaban J connectivity index is 3.50. The average molecular weight is 331 g/mol. The number of aliphatic carboxylic acids is 1. The van der Waals surface area contributed by atoms with Crippen molar-refractivity contribution < 1.29 is 15.0 Å². The molecule has 0 radical (unpaired) electrons. The SMILES string of the molecule is CCCCCCCCCCCCC(N)CN(CCO)CC(=O)O. The topological polar surface area (TPSA) is 86.8 Å². The highest BCUT2D eigenvalue weighted by atomic mass is 16.4. The van der Waals surface area contributed by atoms with Crippen LogP contribution in [0, 0.1) is 0 Å². The van der Waals surface area contributed by atoms with Crippen LogP contribution in [0.3, 0.4) is 0 Å². The van der Waals surface area contributed by atoms with Crippen LogP contribution in [0.15, 0.2) is 0 Å². The van der Waals surface area contributed by atoms with E-state index in [4.69, 9.17) is 15.9 Å². The maximum Gasteiger partial charge on any atom is 0.317 e. The largest absolute Gasteiger partial charge is 0.480 e. The quantitative estimate of drug-likeness (QED) is 0.357. The summed E-state index contributed by atoms with van der Waals surface area (Å²) in [6.07, 6.45) is 14.0. The third kappa shape index (κ3) is 16.0. The van der Waals surface area contributed by atoms with Crippen molar-refractivity contribution in [3.05, 3.63) is 0 Å². The van der Waals surface area contributed by atoms with Gasteiger partial charge in [-0.25, -0.2) is 0 Å². The van der Waals surface area contributed by atoms with Crippen molar-refractivity contribution in [3.63, 3.8) is 0 Å². The van der Waals surface area contributed by atoms with E-state index in [0.717, 1.165) is 12.8 Å². The van der Waals surface area contributed by atoms with Gasteiger partial charge in [0.25, 0.3) is 0 Å². The van der Waals surface area contributed by atoms with Crippen LogP contribution < -0.4 is 5.73 Å². The van der Waals surface area contributed by atoms with Crippen molar-refractivity contribution >= 4 is 5.97 Å². The van der Waals surface area contributed by atoms with Gasteiger partial charge >= 0.3 is 5.97 Å². The predicted molar refractivity (Wildman–Crippen MR) is 95.6 cm³/mol. The molecule has 0 fully saturated rings. The minimum Gasteiger partial charge on any atom is -0.480 e. The number of aliphatic hydroxyl groups is 1. The molecule has 0 heterocycles. The van der Waals surface area contributed by atoms with Gasteiger partial charge < -0.3 is 15.9 Å². The van der Waals surface area contributed by atoms with Crippen LogP contribution in [-0.2, 0) is 4.79 Å². The van der Waals surface area contributed by atoms with Gasteiger partial charge in [0.05, 0.1) is 13.2 Å². The Hall–Kier alpha value is -0.650. The lowest BCUT2D eigenvalue weighted by atomic mass is 10.0. The van der Waals surface area contributed by atoms with E-state index >= 15 is 0 Å². The Bertz CT molecular complexity index is 275. The summed E-state index contributed by atoms with van der Waals surface area (Å²) in [7, 11) is 0. The van der Waals surface area contributed by atoms with Gasteiger partial charge in [0.1, 0.15) is 0 Å². The number of nitrogens with two attached hydrogens (primary N) is 1. The van der Waals surface area contributed by atoms with Crippen molar-refractivity contribution in [1.29, 1.82) is 0 Å². The van der Waals surface area contributed by atoms with E-state index in [2.05, 4.69) is 6.92 Å². The van der Waals surface area contributed by atoms with Crippen molar-refractivity contribution in [2.45, 2.75) is 83.6 Å². The molecule has 0 aromatic heterocycles. The molecule has 0 aliphatic carbocycles. The second kappa shape index (κ2) is 16.2. The van der Waals surface area contributed by atoms with Crippen molar-refractivity contribution in [2.24, 2.45) is 5.73 Å². The van der Waals surface area contributed by atoms with E-state index in [0.29, 0.717) is 13.1 Å². The van der Waals surface area contributed by atoms with E-state index in [9.17, 15) is 4.79 Å². The Kier molecular flexibility index (Phi) is 15.8. The fourth-order valence-electron chi connectivity index (χ4n) is 2.88. The normalized spacial score (nSPS) is 12.7. The zero-order valence-corrected chi connectivity index (χ0v) is 15.0. The van der Waals surface area contributed by atoms with Gasteiger partial charge in [0, 0.05) is 19.1 Å². The molecule has 0 spiro atoms. The van der Waals surface area contributed by atoms with Crippen LogP contribution >= 0.6 is 0 Å². The molecular weight excluding hydrogens is 292 g/mol. The second-order valence-corrected chi connectivity index (χ2v) is 6.58. The van der Waals surface area contributed by atoms with Crippen LogP contribution in [0.5, 0.6) is 0 Å². The van der Waals surface area contributed by atoms with Gasteiger partial charge in [0.2, 0.25) is 0 Å². The van der Waals surface area contributed by atoms with E-state index in [1.165, 1.54) is 57.8 Å². The van der Waals surface area contributed by atoms with Gasteiger partial charge in [-0.3, -0.25) is 9.69 Å². The van der Waals surface area contributed by atoms with Crippen LogP contribution in [0.4, 0.5) is 0 Å². The van der Waals surface area contributed by atoms with Crippen LogP contribution in [-0.4, -0.2) is 53.4 Å². The number of hydrogen-bond acceptors (Lipinski definition) is 4. The molecule has 0 bridgehead atoms. The summed E-state index contributed by atoms with van der Waals surface area (Å²) >= 11 is 0. The standard InChI is InChI=1S/C18H38N2O3/c1-2-3-4-5-6-7-8-9-10-11-12-17(19)15-20(13-14-21)16-18(22)23/h17,21H,2-16,19H2,1H3,(H,22,23). The third-order valence-corrected chi connectivity index (χ3v) is 4.20. The minimum absolute atomic E-state index is 0.00468. The molecule has 0 aliphatic heterocycles. The maximum absolute atomic E-state index is 10.7. The van der Waals surface area contributed by atoms with E-state index < -0.39 is 5.97 Å². The van der Waals surface area contributed by atoms with E-state index in [1.54, 1.807) is 4.90 Å². The Morgan fingerprint density at radius 1 is 1.00 bits per heavy atom. The zero-order chi connectivity index (χ0) is 17.3. The minimum atomic E-state index is -0.871. The van der Waals surface area contributed by atoms with Gasteiger partial charge in [-0.05, 0) is 6.42 Å². The number of carboxylic acids is 1. The molecule has 5 nitrogen and oxygen atoms in total. The predicted octanol–water partition coefficient (Wildman–Crippen LogP) is 3.00. The van der Waals surface area contributed by atoms with E-state index in [1.807, 2.05) is 0 Å². The summed E-state index contributed by atoms with van der Waals surface area (Å²) in [6, 6.07) is -0.00468. The Morgan fingerprint density at radius 2 is 1.52 bits per heavy atom. The highest BCUT2D eigenvalue weighted by Crippen LogP contribution is 2.12. The molecule has 1 unspecified atom stereocenters. The first-order valence-electron chi connectivity index (χ1n) is 9.40. The summed E-state index contributed by atoms with van der Waals surface area (Å²) in [5.74, 6) is -0.871. The van der Waals surface area contributed by atoms with E-state index in [-0.39, 0.29) is 19.2 Å².